The van der Waals surface area contributed by atoms with Gasteiger partial charge in [-0.3, -0.25) is 4.79 Å². The number of aliphatic carboxylic acids is 1. The standard InChI is InChI=1S/C7H7NO2.C2H4O2/c8-6-4-2-1-3-5(6)7(9)10;1-2(3)4/h1-4H,8H2,(H,9,10);1H3,(H,3,4). The molecule has 0 aliphatic carbocycles. The van der Waals surface area contributed by atoms with E-state index in [1.165, 1.54) is 6.07 Å². The number of anilines is 1. The number of aromatic carboxylic acids is 1. The van der Waals surface area contributed by atoms with Crippen molar-refractivity contribution in [1.82, 2.24) is 0 Å². The lowest BCUT2D eigenvalue weighted by molar-refractivity contribution is -0.134. The Morgan fingerprint density at radius 2 is 1.64 bits per heavy atom. The fourth-order valence-corrected chi connectivity index (χ4v) is 0.692. The van der Waals surface area contributed by atoms with Crippen molar-refractivity contribution in [3.05, 3.63) is 29.8 Å². The molecule has 0 aromatic heterocycles. The van der Waals surface area contributed by atoms with Crippen molar-refractivity contribution in [2.24, 2.45) is 0 Å². The zero-order chi connectivity index (χ0) is 11.1. The first-order valence-corrected chi connectivity index (χ1v) is 3.72. The van der Waals surface area contributed by atoms with Crippen LogP contribution in [0.25, 0.3) is 0 Å². The molecule has 76 valence electrons. The van der Waals surface area contributed by atoms with Crippen LogP contribution in [-0.2, 0) is 4.79 Å². The molecule has 0 fully saturated rings. The third-order valence-electron chi connectivity index (χ3n) is 1.19. The molecule has 0 bridgehead atoms. The number of para-hydroxylation sites is 1. The first kappa shape index (κ1) is 12.0. The van der Waals surface area contributed by atoms with E-state index in [-0.39, 0.29) is 5.56 Å². The van der Waals surface area contributed by atoms with Crippen molar-refractivity contribution in [2.45, 2.75) is 6.92 Å². The van der Waals surface area contributed by atoms with E-state index in [4.69, 9.17) is 20.7 Å². The van der Waals surface area contributed by atoms with Crippen LogP contribution in [0.4, 0.5) is 5.69 Å². The van der Waals surface area contributed by atoms with Gasteiger partial charge in [0.1, 0.15) is 0 Å². The Hall–Kier alpha value is -2.04. The molecule has 0 heterocycles. The number of nitrogens with two attached hydrogens (primary N) is 1. The summed E-state index contributed by atoms with van der Waals surface area (Å²) in [6, 6.07) is 6.36. The minimum atomic E-state index is -0.988. The van der Waals surface area contributed by atoms with E-state index in [0.29, 0.717) is 5.69 Å². The maximum Gasteiger partial charge on any atom is 0.337 e. The highest BCUT2D eigenvalue weighted by molar-refractivity contribution is 5.93. The van der Waals surface area contributed by atoms with Crippen molar-refractivity contribution in [2.75, 3.05) is 5.73 Å². The van der Waals surface area contributed by atoms with Crippen LogP contribution in [0.5, 0.6) is 0 Å². The van der Waals surface area contributed by atoms with Gasteiger partial charge in [0.05, 0.1) is 5.56 Å². The summed E-state index contributed by atoms with van der Waals surface area (Å²) >= 11 is 0. The molecule has 0 aliphatic rings. The molecule has 1 rings (SSSR count). The van der Waals surface area contributed by atoms with Gasteiger partial charge in [-0.15, -0.1) is 0 Å². The maximum absolute atomic E-state index is 10.3. The quantitative estimate of drug-likeness (QED) is 0.584. The average molecular weight is 197 g/mol. The molecule has 1 aromatic carbocycles. The first-order valence-electron chi connectivity index (χ1n) is 3.72. The van der Waals surface area contributed by atoms with Gasteiger partial charge in [-0.05, 0) is 12.1 Å². The molecule has 4 N–H and O–H groups in total. The van der Waals surface area contributed by atoms with E-state index >= 15 is 0 Å². The summed E-state index contributed by atoms with van der Waals surface area (Å²) in [5, 5.41) is 15.9. The topological polar surface area (TPSA) is 101 Å². The van der Waals surface area contributed by atoms with Crippen LogP contribution in [-0.4, -0.2) is 22.2 Å². The van der Waals surface area contributed by atoms with Crippen LogP contribution in [0.15, 0.2) is 24.3 Å². The van der Waals surface area contributed by atoms with Crippen LogP contribution < -0.4 is 5.73 Å². The Bertz CT molecular complexity index is 331. The van der Waals surface area contributed by atoms with Gasteiger partial charge in [0.2, 0.25) is 0 Å². The Balaban J connectivity index is 0.000000364. The highest BCUT2D eigenvalue weighted by Crippen LogP contribution is 2.08. The Morgan fingerprint density at radius 1 is 1.21 bits per heavy atom. The predicted molar refractivity (Wildman–Crippen MR) is 51.1 cm³/mol. The predicted octanol–water partition coefficient (Wildman–Crippen LogP) is 1.06. The Morgan fingerprint density at radius 3 is 1.93 bits per heavy atom. The first-order chi connectivity index (χ1) is 6.45. The normalized spacial score (nSPS) is 8.36. The number of benzene rings is 1. The largest absolute Gasteiger partial charge is 0.481 e. The van der Waals surface area contributed by atoms with Crippen molar-refractivity contribution in [3.63, 3.8) is 0 Å². The molecule has 0 atom stereocenters. The van der Waals surface area contributed by atoms with Crippen molar-refractivity contribution >= 4 is 17.6 Å². The second-order valence-corrected chi connectivity index (χ2v) is 2.41. The molecule has 0 saturated carbocycles. The summed E-state index contributed by atoms with van der Waals surface area (Å²) in [4.78, 5) is 19.3. The Kier molecular flexibility index (Phi) is 4.77. The van der Waals surface area contributed by atoms with Crippen LogP contribution >= 0.6 is 0 Å². The SMILES string of the molecule is CC(=O)O.Nc1ccccc1C(=O)O. The summed E-state index contributed by atoms with van der Waals surface area (Å²) in [6.07, 6.45) is 0. The number of carbonyl (C=O) groups is 2. The van der Waals surface area contributed by atoms with Gasteiger partial charge < -0.3 is 15.9 Å². The summed E-state index contributed by atoms with van der Waals surface area (Å²) in [6.45, 7) is 1.08. The van der Waals surface area contributed by atoms with Crippen molar-refractivity contribution in [3.8, 4) is 0 Å². The van der Waals surface area contributed by atoms with E-state index in [0.717, 1.165) is 6.92 Å². The van der Waals surface area contributed by atoms with Gasteiger partial charge in [0.25, 0.3) is 5.97 Å². The van der Waals surface area contributed by atoms with E-state index < -0.39 is 11.9 Å². The fourth-order valence-electron chi connectivity index (χ4n) is 0.692. The average Bonchev–Trinajstić information content (AvgIpc) is 2.03. The van der Waals surface area contributed by atoms with Crippen LogP contribution in [0, 0.1) is 0 Å². The number of hydrogen-bond acceptors (Lipinski definition) is 3. The zero-order valence-electron chi connectivity index (χ0n) is 7.60. The summed E-state index contributed by atoms with van der Waals surface area (Å²) in [7, 11) is 0. The molecule has 0 saturated heterocycles. The lowest BCUT2D eigenvalue weighted by Gasteiger charge is -1.96. The molecular weight excluding hydrogens is 186 g/mol. The number of carboxylic acid groups (broad SMARTS) is 2. The molecule has 0 unspecified atom stereocenters. The van der Waals surface area contributed by atoms with Gasteiger partial charge in [-0.2, -0.15) is 0 Å². The van der Waals surface area contributed by atoms with E-state index in [1.807, 2.05) is 0 Å². The molecule has 14 heavy (non-hydrogen) atoms. The minimum Gasteiger partial charge on any atom is -0.481 e. The smallest absolute Gasteiger partial charge is 0.337 e. The minimum absolute atomic E-state index is 0.155. The number of nitrogen functional groups attached to an aromatic ring is 1. The second-order valence-electron chi connectivity index (χ2n) is 2.41. The fraction of sp³-hybridized carbons (Fsp3) is 0.111. The second kappa shape index (κ2) is 5.58. The van der Waals surface area contributed by atoms with Gasteiger partial charge >= 0.3 is 5.97 Å². The van der Waals surface area contributed by atoms with Crippen LogP contribution in [0.1, 0.15) is 17.3 Å². The van der Waals surface area contributed by atoms with Crippen LogP contribution in [0.3, 0.4) is 0 Å². The highest BCUT2D eigenvalue weighted by Gasteiger charge is 2.03. The van der Waals surface area contributed by atoms with Crippen LogP contribution in [0.2, 0.25) is 0 Å². The van der Waals surface area contributed by atoms with E-state index in [9.17, 15) is 4.79 Å². The van der Waals surface area contributed by atoms with Gasteiger partial charge in [0.15, 0.2) is 0 Å². The molecule has 0 spiro atoms. The molecule has 5 heteroatoms. The van der Waals surface area contributed by atoms with Gasteiger partial charge in [-0.1, -0.05) is 12.1 Å². The molecule has 1 aromatic rings. The molecule has 0 amide bonds. The van der Waals surface area contributed by atoms with E-state index in [2.05, 4.69) is 0 Å². The molecule has 5 nitrogen and oxygen atoms in total. The van der Waals surface area contributed by atoms with Gasteiger partial charge in [0, 0.05) is 12.6 Å². The number of hydrogen-bond donors (Lipinski definition) is 3. The lowest BCUT2D eigenvalue weighted by atomic mass is 10.2. The molecular formula is C9H11NO4. The summed E-state index contributed by atoms with van der Waals surface area (Å²) in [5.74, 6) is -1.82. The molecule has 0 radical (unpaired) electrons. The lowest BCUT2D eigenvalue weighted by Crippen LogP contribution is -2.00. The van der Waals surface area contributed by atoms with Gasteiger partial charge in [-0.25, -0.2) is 4.79 Å². The number of rotatable bonds is 1. The van der Waals surface area contributed by atoms with Crippen molar-refractivity contribution < 1.29 is 19.8 Å². The van der Waals surface area contributed by atoms with Crippen molar-refractivity contribution in [1.29, 1.82) is 0 Å². The zero-order valence-corrected chi connectivity index (χ0v) is 7.60. The third kappa shape index (κ3) is 4.76. The monoisotopic (exact) mass is 197 g/mol. The Labute approximate surface area is 80.8 Å². The summed E-state index contributed by atoms with van der Waals surface area (Å²) in [5.41, 5.74) is 5.80. The molecule has 0 aliphatic heterocycles. The summed E-state index contributed by atoms with van der Waals surface area (Å²) < 4.78 is 0. The maximum atomic E-state index is 10.3. The third-order valence-corrected chi connectivity index (χ3v) is 1.19. The van der Waals surface area contributed by atoms with E-state index in [1.54, 1.807) is 18.2 Å². The number of carboxylic acids is 2. The highest BCUT2D eigenvalue weighted by atomic mass is 16.4.